The van der Waals surface area contributed by atoms with E-state index in [2.05, 4.69) is 21.2 Å². The van der Waals surface area contributed by atoms with Crippen LogP contribution in [0, 0.1) is 5.82 Å². The lowest BCUT2D eigenvalue weighted by atomic mass is 10.1. The molecule has 1 aliphatic rings. The molecule has 0 spiro atoms. The number of halogens is 2. The van der Waals surface area contributed by atoms with Gasteiger partial charge in [0.15, 0.2) is 0 Å². The number of carbonyl (C=O) groups is 2. The van der Waals surface area contributed by atoms with Crippen LogP contribution in [-0.4, -0.2) is 29.3 Å². The van der Waals surface area contributed by atoms with Crippen LogP contribution in [0.1, 0.15) is 25.3 Å². The van der Waals surface area contributed by atoms with E-state index in [-0.39, 0.29) is 17.6 Å². The van der Waals surface area contributed by atoms with Gasteiger partial charge in [0.05, 0.1) is 0 Å². The Morgan fingerprint density at radius 1 is 1.45 bits per heavy atom. The van der Waals surface area contributed by atoms with Gasteiger partial charge in [0.25, 0.3) is 0 Å². The molecule has 1 aromatic carbocycles. The first-order chi connectivity index (χ1) is 9.51. The van der Waals surface area contributed by atoms with Gasteiger partial charge in [0, 0.05) is 24.0 Å². The Hall–Kier alpha value is -1.43. The molecule has 0 aromatic heterocycles. The zero-order valence-electron chi connectivity index (χ0n) is 11.2. The van der Waals surface area contributed by atoms with Gasteiger partial charge in [-0.1, -0.05) is 28.9 Å². The number of nitrogens with one attached hydrogen (secondary N) is 1. The molecule has 20 heavy (non-hydrogen) atoms. The predicted molar refractivity (Wildman–Crippen MR) is 76.4 cm³/mol. The van der Waals surface area contributed by atoms with Crippen LogP contribution in [0.2, 0.25) is 0 Å². The van der Waals surface area contributed by atoms with Crippen molar-refractivity contribution in [2.75, 3.05) is 6.54 Å². The van der Waals surface area contributed by atoms with E-state index < -0.39 is 6.04 Å². The van der Waals surface area contributed by atoms with Crippen LogP contribution in [0.15, 0.2) is 22.7 Å². The molecule has 0 radical (unpaired) electrons. The van der Waals surface area contributed by atoms with Crippen LogP contribution < -0.4 is 5.32 Å². The maximum Gasteiger partial charge on any atom is 0.245 e. The van der Waals surface area contributed by atoms with Crippen LogP contribution in [-0.2, 0) is 16.1 Å². The minimum atomic E-state index is -0.468. The van der Waals surface area contributed by atoms with Crippen molar-refractivity contribution in [2.45, 2.75) is 32.4 Å². The fraction of sp³-hybridized carbons (Fsp3) is 0.429. The molecule has 2 amide bonds. The fourth-order valence-corrected chi connectivity index (χ4v) is 2.66. The molecule has 108 valence electrons. The third-order valence-corrected chi connectivity index (χ3v) is 4.08. The first-order valence-corrected chi connectivity index (χ1v) is 7.32. The Balaban J connectivity index is 2.18. The van der Waals surface area contributed by atoms with E-state index in [1.54, 1.807) is 11.0 Å². The van der Waals surface area contributed by atoms with E-state index in [0.717, 1.165) is 5.56 Å². The van der Waals surface area contributed by atoms with Crippen LogP contribution in [0.4, 0.5) is 4.39 Å². The van der Waals surface area contributed by atoms with Crippen LogP contribution in [0.5, 0.6) is 0 Å². The summed E-state index contributed by atoms with van der Waals surface area (Å²) in [6.45, 7) is 2.61. The quantitative estimate of drug-likeness (QED) is 0.915. The molecule has 1 heterocycles. The van der Waals surface area contributed by atoms with Gasteiger partial charge < -0.3 is 10.2 Å². The molecule has 0 saturated carbocycles. The molecule has 1 unspecified atom stereocenters. The van der Waals surface area contributed by atoms with Gasteiger partial charge in [-0.15, -0.1) is 0 Å². The van der Waals surface area contributed by atoms with Crippen molar-refractivity contribution in [1.82, 2.24) is 10.2 Å². The summed E-state index contributed by atoms with van der Waals surface area (Å²) in [6.07, 6.45) is 0.854. The normalized spacial score (nSPS) is 19.8. The molecule has 1 atom stereocenters. The second-order valence-electron chi connectivity index (χ2n) is 4.77. The van der Waals surface area contributed by atoms with Crippen molar-refractivity contribution >= 4 is 27.7 Å². The van der Waals surface area contributed by atoms with Gasteiger partial charge in [-0.2, -0.15) is 0 Å². The summed E-state index contributed by atoms with van der Waals surface area (Å²) in [6, 6.07) is 3.92. The van der Waals surface area contributed by atoms with E-state index >= 15 is 0 Å². The summed E-state index contributed by atoms with van der Waals surface area (Å²) in [7, 11) is 0. The van der Waals surface area contributed by atoms with Crippen molar-refractivity contribution in [3.8, 4) is 0 Å². The number of benzene rings is 1. The Labute approximate surface area is 125 Å². The minimum Gasteiger partial charge on any atom is -0.344 e. The van der Waals surface area contributed by atoms with E-state index in [4.69, 9.17) is 0 Å². The second kappa shape index (κ2) is 6.35. The number of amides is 2. The SMILES string of the molecule is CCC1NC(=O)CCN(Cc2ccc(F)cc2Br)C1=O. The molecule has 4 nitrogen and oxygen atoms in total. The first kappa shape index (κ1) is 15.0. The average molecular weight is 343 g/mol. The molecule has 1 N–H and O–H groups in total. The first-order valence-electron chi connectivity index (χ1n) is 6.53. The van der Waals surface area contributed by atoms with E-state index in [9.17, 15) is 14.0 Å². The van der Waals surface area contributed by atoms with Gasteiger partial charge in [0.1, 0.15) is 11.9 Å². The van der Waals surface area contributed by atoms with Gasteiger partial charge in [-0.25, -0.2) is 4.39 Å². The molecule has 1 aromatic rings. The molecular weight excluding hydrogens is 327 g/mol. The van der Waals surface area contributed by atoms with Crippen molar-refractivity contribution in [3.63, 3.8) is 0 Å². The minimum absolute atomic E-state index is 0.0884. The van der Waals surface area contributed by atoms with Crippen molar-refractivity contribution in [1.29, 1.82) is 0 Å². The molecule has 1 aliphatic heterocycles. The smallest absolute Gasteiger partial charge is 0.245 e. The Kier molecular flexibility index (Phi) is 4.75. The molecule has 1 fully saturated rings. The highest BCUT2D eigenvalue weighted by molar-refractivity contribution is 9.10. The van der Waals surface area contributed by atoms with Gasteiger partial charge in [-0.3, -0.25) is 9.59 Å². The number of hydrogen-bond acceptors (Lipinski definition) is 2. The Morgan fingerprint density at radius 3 is 2.85 bits per heavy atom. The largest absolute Gasteiger partial charge is 0.344 e. The summed E-state index contributed by atoms with van der Waals surface area (Å²) >= 11 is 3.30. The monoisotopic (exact) mass is 342 g/mol. The third kappa shape index (κ3) is 3.36. The number of carbonyl (C=O) groups excluding carboxylic acids is 2. The van der Waals surface area contributed by atoms with Crippen molar-refractivity contribution in [2.24, 2.45) is 0 Å². The summed E-state index contributed by atoms with van der Waals surface area (Å²) in [5, 5.41) is 2.72. The lowest BCUT2D eigenvalue weighted by Gasteiger charge is -2.24. The van der Waals surface area contributed by atoms with Crippen LogP contribution in [0.3, 0.4) is 0 Å². The maximum atomic E-state index is 13.1. The standard InChI is InChI=1S/C14H16BrFN2O2/c1-2-12-14(20)18(6-5-13(19)17-12)8-9-3-4-10(16)7-11(9)15/h3-4,7,12H,2,5-6,8H2,1H3,(H,17,19). The lowest BCUT2D eigenvalue weighted by Crippen LogP contribution is -2.43. The maximum absolute atomic E-state index is 13.1. The second-order valence-corrected chi connectivity index (χ2v) is 5.63. The summed E-state index contributed by atoms with van der Waals surface area (Å²) in [4.78, 5) is 25.5. The van der Waals surface area contributed by atoms with E-state index in [0.29, 0.717) is 30.4 Å². The van der Waals surface area contributed by atoms with E-state index in [1.807, 2.05) is 6.92 Å². The molecule has 0 aliphatic carbocycles. The molecule has 2 rings (SSSR count). The zero-order chi connectivity index (χ0) is 14.7. The van der Waals surface area contributed by atoms with E-state index in [1.165, 1.54) is 12.1 Å². The summed E-state index contributed by atoms with van der Waals surface area (Å²) in [5.74, 6) is -0.522. The van der Waals surface area contributed by atoms with Crippen molar-refractivity contribution < 1.29 is 14.0 Å². The topological polar surface area (TPSA) is 49.4 Å². The average Bonchev–Trinajstić information content (AvgIpc) is 2.54. The predicted octanol–water partition coefficient (Wildman–Crippen LogP) is 2.22. The lowest BCUT2D eigenvalue weighted by molar-refractivity contribution is -0.134. The Morgan fingerprint density at radius 2 is 2.20 bits per heavy atom. The number of hydrogen-bond donors (Lipinski definition) is 1. The van der Waals surface area contributed by atoms with Gasteiger partial charge >= 0.3 is 0 Å². The van der Waals surface area contributed by atoms with Crippen LogP contribution >= 0.6 is 15.9 Å². The number of rotatable bonds is 3. The fourth-order valence-electron chi connectivity index (χ4n) is 2.18. The molecule has 1 saturated heterocycles. The summed E-state index contributed by atoms with van der Waals surface area (Å²) < 4.78 is 13.7. The highest BCUT2D eigenvalue weighted by Crippen LogP contribution is 2.21. The summed E-state index contributed by atoms with van der Waals surface area (Å²) in [5.41, 5.74) is 0.823. The van der Waals surface area contributed by atoms with Gasteiger partial charge in [0.2, 0.25) is 11.8 Å². The number of nitrogens with zero attached hydrogens (tertiary/aromatic N) is 1. The zero-order valence-corrected chi connectivity index (χ0v) is 12.7. The Bertz CT molecular complexity index is 536. The highest BCUT2D eigenvalue weighted by Gasteiger charge is 2.28. The molecule has 0 bridgehead atoms. The van der Waals surface area contributed by atoms with Gasteiger partial charge in [-0.05, 0) is 24.1 Å². The molecule has 6 heteroatoms. The third-order valence-electron chi connectivity index (χ3n) is 3.34. The highest BCUT2D eigenvalue weighted by atomic mass is 79.9. The van der Waals surface area contributed by atoms with Crippen molar-refractivity contribution in [3.05, 3.63) is 34.1 Å². The molecular formula is C14H16BrFN2O2. The van der Waals surface area contributed by atoms with Crippen LogP contribution in [0.25, 0.3) is 0 Å².